The summed E-state index contributed by atoms with van der Waals surface area (Å²) < 4.78 is 0. The molecule has 0 atom stereocenters. The number of hydrogen-bond donors (Lipinski definition) is 1. The van der Waals surface area contributed by atoms with Crippen LogP contribution in [0.2, 0.25) is 0 Å². The van der Waals surface area contributed by atoms with Crippen molar-refractivity contribution in [3.8, 4) is 0 Å². The molecule has 0 fully saturated rings. The summed E-state index contributed by atoms with van der Waals surface area (Å²) >= 11 is 0. The topological polar surface area (TPSA) is 26.0 Å². The van der Waals surface area contributed by atoms with Crippen molar-refractivity contribution in [3.05, 3.63) is 11.8 Å². The van der Waals surface area contributed by atoms with E-state index in [0.29, 0.717) is 0 Å². The van der Waals surface area contributed by atoms with E-state index in [-0.39, 0.29) is 0 Å². The summed E-state index contributed by atoms with van der Waals surface area (Å²) in [6.45, 7) is 3.77. The van der Waals surface area contributed by atoms with Crippen LogP contribution < -0.4 is 5.73 Å². The minimum atomic E-state index is 0.880. The fourth-order valence-corrected chi connectivity index (χ4v) is 0. The molecule has 0 amide bonds. The Balaban J connectivity index is 3.14. The second-order valence-electron chi connectivity index (χ2n) is 1.03. The lowest BCUT2D eigenvalue weighted by atomic mass is 10.5. The van der Waals surface area contributed by atoms with E-state index in [2.05, 4.69) is 0 Å². The maximum absolute atomic E-state index is 5.15. The number of hydrogen-bond acceptors (Lipinski definition) is 1. The Morgan fingerprint density at radius 2 is 2.00 bits per heavy atom. The SMILES string of the molecule is C/C=C(\C)N. The van der Waals surface area contributed by atoms with Gasteiger partial charge in [0, 0.05) is 5.70 Å². The van der Waals surface area contributed by atoms with Gasteiger partial charge in [-0.1, -0.05) is 6.08 Å². The first-order valence-electron chi connectivity index (χ1n) is 1.65. The van der Waals surface area contributed by atoms with E-state index in [9.17, 15) is 0 Å². The minimum absolute atomic E-state index is 0.880. The van der Waals surface area contributed by atoms with Crippen molar-refractivity contribution < 1.29 is 0 Å². The molecule has 0 aromatic rings. The van der Waals surface area contributed by atoms with Crippen LogP contribution in [0, 0.1) is 0 Å². The second-order valence-corrected chi connectivity index (χ2v) is 1.03. The fraction of sp³-hybridized carbons (Fsp3) is 0.500. The summed E-state index contributed by atoms with van der Waals surface area (Å²) in [4.78, 5) is 0. The molecule has 30 valence electrons. The third-order valence-corrected chi connectivity index (χ3v) is 0.455. The lowest BCUT2D eigenvalue weighted by Gasteiger charge is -1.76. The number of nitrogens with two attached hydrogens (primary N) is 1. The standard InChI is InChI=1S/C4H9N/c1-3-4(2)5/h3H,5H2,1-2H3/b4-3+. The Morgan fingerprint density at radius 3 is 2.00 bits per heavy atom. The molecule has 0 unspecified atom stereocenters. The van der Waals surface area contributed by atoms with Crippen molar-refractivity contribution >= 4 is 0 Å². The molecule has 0 aromatic heterocycles. The average Bonchev–Trinajstić information content (AvgIpc) is 1.38. The van der Waals surface area contributed by atoms with E-state index in [1.165, 1.54) is 0 Å². The van der Waals surface area contributed by atoms with E-state index in [4.69, 9.17) is 5.73 Å². The van der Waals surface area contributed by atoms with Gasteiger partial charge in [-0.25, -0.2) is 0 Å². The van der Waals surface area contributed by atoms with Gasteiger partial charge in [0.1, 0.15) is 0 Å². The molecule has 5 heavy (non-hydrogen) atoms. The zero-order chi connectivity index (χ0) is 4.28. The highest BCUT2D eigenvalue weighted by atomic mass is 14.5. The molecule has 0 aliphatic heterocycles. The van der Waals surface area contributed by atoms with Gasteiger partial charge < -0.3 is 5.73 Å². The number of rotatable bonds is 0. The zero-order valence-corrected chi connectivity index (χ0v) is 3.65. The molecule has 0 aliphatic carbocycles. The molecular weight excluding hydrogens is 62.1 g/mol. The Hall–Kier alpha value is -0.460. The van der Waals surface area contributed by atoms with Gasteiger partial charge >= 0.3 is 0 Å². The third-order valence-electron chi connectivity index (χ3n) is 0.455. The molecule has 0 rings (SSSR count). The van der Waals surface area contributed by atoms with Crippen molar-refractivity contribution in [2.45, 2.75) is 13.8 Å². The first-order chi connectivity index (χ1) is 2.27. The van der Waals surface area contributed by atoms with Gasteiger partial charge in [0.05, 0.1) is 0 Å². The molecule has 0 saturated heterocycles. The molecule has 0 heterocycles. The summed E-state index contributed by atoms with van der Waals surface area (Å²) in [7, 11) is 0. The van der Waals surface area contributed by atoms with E-state index >= 15 is 0 Å². The lowest BCUT2D eigenvalue weighted by Crippen LogP contribution is -1.86. The van der Waals surface area contributed by atoms with Crippen LogP contribution in [0.25, 0.3) is 0 Å². The van der Waals surface area contributed by atoms with Crippen LogP contribution in [0.3, 0.4) is 0 Å². The van der Waals surface area contributed by atoms with Gasteiger partial charge in [-0.15, -0.1) is 0 Å². The Morgan fingerprint density at radius 1 is 1.80 bits per heavy atom. The van der Waals surface area contributed by atoms with Crippen molar-refractivity contribution in [2.24, 2.45) is 5.73 Å². The predicted molar refractivity (Wildman–Crippen MR) is 23.6 cm³/mol. The van der Waals surface area contributed by atoms with Crippen molar-refractivity contribution in [1.29, 1.82) is 0 Å². The number of allylic oxidation sites excluding steroid dienone is 2. The summed E-state index contributed by atoms with van der Waals surface area (Å²) in [6, 6.07) is 0. The van der Waals surface area contributed by atoms with Gasteiger partial charge in [0.2, 0.25) is 0 Å². The zero-order valence-electron chi connectivity index (χ0n) is 3.65. The quantitative estimate of drug-likeness (QED) is 0.450. The van der Waals surface area contributed by atoms with Crippen LogP contribution in [-0.4, -0.2) is 0 Å². The average molecular weight is 71.1 g/mol. The molecule has 0 bridgehead atoms. The normalized spacial score (nSPS) is 12.0. The van der Waals surface area contributed by atoms with E-state index in [1.54, 1.807) is 0 Å². The maximum atomic E-state index is 5.15. The molecule has 2 N–H and O–H groups in total. The van der Waals surface area contributed by atoms with Crippen molar-refractivity contribution in [2.75, 3.05) is 0 Å². The van der Waals surface area contributed by atoms with Gasteiger partial charge in [-0.3, -0.25) is 0 Å². The largest absolute Gasteiger partial charge is 0.403 e. The molecule has 0 spiro atoms. The highest BCUT2D eigenvalue weighted by Crippen LogP contribution is 1.71. The predicted octanol–water partition coefficient (Wildman–Crippen LogP) is 0.869. The molecule has 0 saturated carbocycles. The fourth-order valence-electron chi connectivity index (χ4n) is 0. The Kier molecular flexibility index (Phi) is 1.65. The van der Waals surface area contributed by atoms with E-state index < -0.39 is 0 Å². The van der Waals surface area contributed by atoms with Crippen LogP contribution in [-0.2, 0) is 0 Å². The summed E-state index contributed by atoms with van der Waals surface area (Å²) in [5.74, 6) is 0. The molecule has 0 aromatic carbocycles. The Bertz CT molecular complexity index is 41.6. The molecular formula is C4H9N. The van der Waals surface area contributed by atoms with Crippen LogP contribution in [0.4, 0.5) is 0 Å². The molecule has 1 nitrogen and oxygen atoms in total. The summed E-state index contributed by atoms with van der Waals surface area (Å²) in [5, 5.41) is 0. The van der Waals surface area contributed by atoms with Gasteiger partial charge in [0.15, 0.2) is 0 Å². The minimum Gasteiger partial charge on any atom is -0.403 e. The van der Waals surface area contributed by atoms with Crippen LogP contribution >= 0.6 is 0 Å². The molecule has 0 aliphatic rings. The first-order valence-corrected chi connectivity index (χ1v) is 1.65. The van der Waals surface area contributed by atoms with Crippen LogP contribution in [0.1, 0.15) is 13.8 Å². The molecule has 1 heteroatoms. The summed E-state index contributed by atoms with van der Waals surface area (Å²) in [6.07, 6.45) is 1.86. The monoisotopic (exact) mass is 71.1 g/mol. The highest BCUT2D eigenvalue weighted by Gasteiger charge is 1.60. The highest BCUT2D eigenvalue weighted by molar-refractivity contribution is 4.86. The Labute approximate surface area is 32.5 Å². The summed E-state index contributed by atoms with van der Waals surface area (Å²) in [5.41, 5.74) is 6.03. The van der Waals surface area contributed by atoms with E-state index in [0.717, 1.165) is 5.70 Å². The smallest absolute Gasteiger partial charge is 0.000552 e. The van der Waals surface area contributed by atoms with Crippen molar-refractivity contribution in [1.82, 2.24) is 0 Å². The first kappa shape index (κ1) is 4.54. The van der Waals surface area contributed by atoms with Gasteiger partial charge in [-0.2, -0.15) is 0 Å². The third kappa shape index (κ3) is 3.54. The van der Waals surface area contributed by atoms with Crippen LogP contribution in [0.5, 0.6) is 0 Å². The van der Waals surface area contributed by atoms with Gasteiger partial charge in [-0.05, 0) is 13.8 Å². The maximum Gasteiger partial charge on any atom is 0.000552 e. The second kappa shape index (κ2) is 1.82. The molecule has 0 radical (unpaired) electrons. The van der Waals surface area contributed by atoms with Crippen molar-refractivity contribution in [3.63, 3.8) is 0 Å². The lowest BCUT2D eigenvalue weighted by molar-refractivity contribution is 1.29. The van der Waals surface area contributed by atoms with E-state index in [1.807, 2.05) is 19.9 Å². The van der Waals surface area contributed by atoms with Gasteiger partial charge in [0.25, 0.3) is 0 Å². The van der Waals surface area contributed by atoms with Crippen LogP contribution in [0.15, 0.2) is 11.8 Å².